The summed E-state index contributed by atoms with van der Waals surface area (Å²) in [5, 5.41) is 0. The SMILES string of the molecule is O=C(c1ccc(Br)c(F)c1F)N1CCCCC1. The van der Waals surface area contributed by atoms with Crippen LogP contribution >= 0.6 is 15.9 Å². The van der Waals surface area contributed by atoms with Gasteiger partial charge < -0.3 is 4.90 Å². The highest BCUT2D eigenvalue weighted by Crippen LogP contribution is 2.23. The highest BCUT2D eigenvalue weighted by molar-refractivity contribution is 9.10. The molecule has 0 aromatic heterocycles. The average molecular weight is 304 g/mol. The summed E-state index contributed by atoms with van der Waals surface area (Å²) in [4.78, 5) is 13.6. The lowest BCUT2D eigenvalue weighted by Crippen LogP contribution is -2.36. The summed E-state index contributed by atoms with van der Waals surface area (Å²) in [7, 11) is 0. The minimum atomic E-state index is -1.07. The number of nitrogens with zero attached hydrogens (tertiary/aromatic N) is 1. The molecule has 1 heterocycles. The van der Waals surface area contributed by atoms with Gasteiger partial charge in [-0.3, -0.25) is 4.79 Å². The molecule has 1 saturated heterocycles. The number of carbonyl (C=O) groups excluding carboxylic acids is 1. The molecule has 0 saturated carbocycles. The van der Waals surface area contributed by atoms with Gasteiger partial charge in [-0.25, -0.2) is 8.78 Å². The van der Waals surface area contributed by atoms with Gasteiger partial charge in [-0.05, 0) is 47.3 Å². The van der Waals surface area contributed by atoms with Crippen molar-refractivity contribution in [3.63, 3.8) is 0 Å². The van der Waals surface area contributed by atoms with Crippen molar-refractivity contribution >= 4 is 21.8 Å². The minimum Gasteiger partial charge on any atom is -0.339 e. The van der Waals surface area contributed by atoms with E-state index in [9.17, 15) is 13.6 Å². The Kier molecular flexibility index (Phi) is 3.76. The number of piperidine rings is 1. The van der Waals surface area contributed by atoms with E-state index in [1.165, 1.54) is 12.1 Å². The van der Waals surface area contributed by atoms with Crippen molar-refractivity contribution < 1.29 is 13.6 Å². The van der Waals surface area contributed by atoms with Crippen molar-refractivity contribution in [1.29, 1.82) is 0 Å². The van der Waals surface area contributed by atoms with E-state index in [0.29, 0.717) is 13.1 Å². The van der Waals surface area contributed by atoms with Crippen molar-refractivity contribution in [2.75, 3.05) is 13.1 Å². The number of hydrogen-bond acceptors (Lipinski definition) is 1. The van der Waals surface area contributed by atoms with Gasteiger partial charge in [0.25, 0.3) is 5.91 Å². The summed E-state index contributed by atoms with van der Waals surface area (Å²) >= 11 is 2.89. The van der Waals surface area contributed by atoms with Gasteiger partial charge in [0, 0.05) is 13.1 Å². The molecule has 92 valence electrons. The lowest BCUT2D eigenvalue weighted by Gasteiger charge is -2.26. The van der Waals surface area contributed by atoms with Crippen LogP contribution in [0.2, 0.25) is 0 Å². The van der Waals surface area contributed by atoms with E-state index in [-0.39, 0.29) is 10.0 Å². The van der Waals surface area contributed by atoms with Crippen LogP contribution in [0.15, 0.2) is 16.6 Å². The van der Waals surface area contributed by atoms with Gasteiger partial charge in [0.1, 0.15) is 0 Å². The van der Waals surface area contributed by atoms with E-state index < -0.39 is 17.5 Å². The minimum absolute atomic E-state index is 0.0326. The van der Waals surface area contributed by atoms with Gasteiger partial charge in [0.2, 0.25) is 0 Å². The van der Waals surface area contributed by atoms with Crippen LogP contribution in [-0.4, -0.2) is 23.9 Å². The molecule has 0 atom stereocenters. The molecule has 1 amide bonds. The van der Waals surface area contributed by atoms with Gasteiger partial charge in [-0.15, -0.1) is 0 Å². The Morgan fingerprint density at radius 2 is 1.76 bits per heavy atom. The Hall–Kier alpha value is -0.970. The van der Waals surface area contributed by atoms with Gasteiger partial charge in [0.15, 0.2) is 11.6 Å². The standard InChI is InChI=1S/C12H12BrF2NO/c13-9-5-4-8(10(14)11(9)15)12(17)16-6-2-1-3-7-16/h4-5H,1-3,6-7H2. The first kappa shape index (κ1) is 12.5. The molecular weight excluding hydrogens is 292 g/mol. The smallest absolute Gasteiger partial charge is 0.256 e. The van der Waals surface area contributed by atoms with Crippen molar-refractivity contribution in [2.45, 2.75) is 19.3 Å². The van der Waals surface area contributed by atoms with Crippen LogP contribution < -0.4 is 0 Å². The number of amides is 1. The fourth-order valence-corrected chi connectivity index (χ4v) is 2.26. The lowest BCUT2D eigenvalue weighted by molar-refractivity contribution is 0.0718. The van der Waals surface area contributed by atoms with Crippen LogP contribution in [0.3, 0.4) is 0 Å². The molecule has 1 aromatic rings. The Labute approximate surface area is 107 Å². The number of likely N-dealkylation sites (tertiary alicyclic amines) is 1. The molecule has 2 rings (SSSR count). The van der Waals surface area contributed by atoms with Gasteiger partial charge >= 0.3 is 0 Å². The average Bonchev–Trinajstić information content (AvgIpc) is 2.36. The highest BCUT2D eigenvalue weighted by atomic mass is 79.9. The number of carbonyl (C=O) groups is 1. The second-order valence-corrected chi connectivity index (χ2v) is 4.93. The first-order valence-corrected chi connectivity index (χ1v) is 6.33. The summed E-state index contributed by atoms with van der Waals surface area (Å²) in [5.41, 5.74) is -0.187. The summed E-state index contributed by atoms with van der Waals surface area (Å²) in [6.45, 7) is 1.24. The number of benzene rings is 1. The van der Waals surface area contributed by atoms with Crippen molar-refractivity contribution in [1.82, 2.24) is 4.90 Å². The largest absolute Gasteiger partial charge is 0.339 e. The third-order valence-corrected chi connectivity index (χ3v) is 3.52. The van der Waals surface area contributed by atoms with Crippen LogP contribution in [0.4, 0.5) is 8.78 Å². The molecule has 2 nitrogen and oxygen atoms in total. The van der Waals surface area contributed by atoms with E-state index in [1.807, 2.05) is 0 Å². The monoisotopic (exact) mass is 303 g/mol. The van der Waals surface area contributed by atoms with Gasteiger partial charge in [-0.1, -0.05) is 0 Å². The first-order valence-electron chi connectivity index (χ1n) is 5.54. The van der Waals surface area contributed by atoms with E-state index in [4.69, 9.17) is 0 Å². The fourth-order valence-electron chi connectivity index (χ4n) is 1.96. The molecule has 1 aliphatic heterocycles. The van der Waals surface area contributed by atoms with E-state index >= 15 is 0 Å². The number of halogens is 3. The molecule has 17 heavy (non-hydrogen) atoms. The quantitative estimate of drug-likeness (QED) is 0.729. The van der Waals surface area contributed by atoms with Crippen LogP contribution in [-0.2, 0) is 0 Å². The second-order valence-electron chi connectivity index (χ2n) is 4.08. The third-order valence-electron chi connectivity index (χ3n) is 2.91. The topological polar surface area (TPSA) is 20.3 Å². The van der Waals surface area contributed by atoms with Crippen LogP contribution in [0.1, 0.15) is 29.6 Å². The maximum atomic E-state index is 13.6. The molecule has 0 spiro atoms. The molecule has 0 aliphatic carbocycles. The maximum Gasteiger partial charge on any atom is 0.256 e. The number of hydrogen-bond donors (Lipinski definition) is 0. The predicted molar refractivity (Wildman–Crippen MR) is 63.8 cm³/mol. The Morgan fingerprint density at radius 3 is 2.41 bits per heavy atom. The van der Waals surface area contributed by atoms with Crippen LogP contribution in [0, 0.1) is 11.6 Å². The maximum absolute atomic E-state index is 13.6. The zero-order chi connectivity index (χ0) is 12.4. The molecule has 1 fully saturated rings. The Morgan fingerprint density at radius 1 is 1.12 bits per heavy atom. The molecule has 1 aliphatic rings. The summed E-state index contributed by atoms with van der Waals surface area (Å²) in [6, 6.07) is 2.68. The van der Waals surface area contributed by atoms with E-state index in [0.717, 1.165) is 19.3 Å². The fraction of sp³-hybridized carbons (Fsp3) is 0.417. The molecule has 0 radical (unpaired) electrons. The molecule has 0 N–H and O–H groups in total. The Balaban J connectivity index is 2.27. The summed E-state index contributed by atoms with van der Waals surface area (Å²) < 4.78 is 27.0. The molecule has 5 heteroatoms. The zero-order valence-corrected chi connectivity index (χ0v) is 10.8. The molecule has 0 bridgehead atoms. The molecule has 1 aromatic carbocycles. The van der Waals surface area contributed by atoms with Crippen LogP contribution in [0.5, 0.6) is 0 Å². The van der Waals surface area contributed by atoms with Crippen LogP contribution in [0.25, 0.3) is 0 Å². The van der Waals surface area contributed by atoms with E-state index in [2.05, 4.69) is 15.9 Å². The number of rotatable bonds is 1. The first-order chi connectivity index (χ1) is 8.11. The van der Waals surface area contributed by atoms with Crippen molar-refractivity contribution in [3.8, 4) is 0 Å². The zero-order valence-electron chi connectivity index (χ0n) is 9.18. The predicted octanol–water partition coefficient (Wildman–Crippen LogP) is 3.35. The third kappa shape index (κ3) is 2.49. The lowest BCUT2D eigenvalue weighted by atomic mass is 10.1. The van der Waals surface area contributed by atoms with Crippen molar-refractivity contribution in [2.24, 2.45) is 0 Å². The van der Waals surface area contributed by atoms with Gasteiger partial charge in [0.05, 0.1) is 10.0 Å². The normalized spacial score (nSPS) is 16.1. The molecule has 0 unspecified atom stereocenters. The summed E-state index contributed by atoms with van der Waals surface area (Å²) in [5.74, 6) is -2.50. The molecular formula is C12H12BrF2NO. The van der Waals surface area contributed by atoms with E-state index in [1.54, 1.807) is 4.90 Å². The second kappa shape index (κ2) is 5.12. The summed E-state index contributed by atoms with van der Waals surface area (Å²) in [6.07, 6.45) is 2.93. The Bertz CT molecular complexity index is 444. The van der Waals surface area contributed by atoms with Crippen molar-refractivity contribution in [3.05, 3.63) is 33.8 Å². The highest BCUT2D eigenvalue weighted by Gasteiger charge is 2.23. The van der Waals surface area contributed by atoms with Gasteiger partial charge in [-0.2, -0.15) is 0 Å².